The van der Waals surface area contributed by atoms with Crippen molar-refractivity contribution in [1.82, 2.24) is 0 Å². The Hall–Kier alpha value is -0.380. The molecule has 0 aliphatic carbocycles. The molecule has 0 saturated heterocycles. The number of halogens is 1. The molecule has 0 amide bonds. The van der Waals surface area contributed by atoms with Gasteiger partial charge in [0.05, 0.1) is 12.3 Å². The molecule has 0 radical (unpaired) electrons. The van der Waals surface area contributed by atoms with Crippen LogP contribution in [0.2, 0.25) is 0 Å². The molecule has 0 spiro atoms. The van der Waals surface area contributed by atoms with Crippen LogP contribution in [-0.4, -0.2) is 28.8 Å². The third-order valence-electron chi connectivity index (χ3n) is 2.32. The summed E-state index contributed by atoms with van der Waals surface area (Å²) in [5.41, 5.74) is 7.13. The van der Waals surface area contributed by atoms with Crippen molar-refractivity contribution in [1.29, 1.82) is 0 Å². The van der Waals surface area contributed by atoms with Crippen LogP contribution in [0.15, 0.2) is 24.3 Å². The molecule has 0 aromatic heterocycles. The maximum atomic E-state index is 11.8. The summed E-state index contributed by atoms with van der Waals surface area (Å²) in [6.07, 6.45) is -0.955. The molecular formula is C11H19ClNO3P. The van der Waals surface area contributed by atoms with Gasteiger partial charge in [-0.3, -0.25) is 4.57 Å². The van der Waals surface area contributed by atoms with Gasteiger partial charge >= 0.3 is 0 Å². The highest BCUT2D eigenvalue weighted by molar-refractivity contribution is 7.57. The summed E-state index contributed by atoms with van der Waals surface area (Å²) < 4.78 is 11.8. The number of aliphatic hydroxyl groups is 1. The number of benzene rings is 1. The minimum absolute atomic E-state index is 0. The van der Waals surface area contributed by atoms with Crippen molar-refractivity contribution in [3.8, 4) is 0 Å². The molecule has 1 aromatic rings. The summed E-state index contributed by atoms with van der Waals surface area (Å²) in [6, 6.07) is 7.45. The lowest BCUT2D eigenvalue weighted by molar-refractivity contribution is 0.202. The third kappa shape index (κ3) is 6.20. The zero-order valence-corrected chi connectivity index (χ0v) is 11.5. The van der Waals surface area contributed by atoms with Crippen LogP contribution in [0, 0.1) is 6.92 Å². The average molecular weight is 280 g/mol. The monoisotopic (exact) mass is 279 g/mol. The fourth-order valence-electron chi connectivity index (χ4n) is 1.45. The van der Waals surface area contributed by atoms with Gasteiger partial charge in [0.25, 0.3) is 0 Å². The zero-order valence-electron chi connectivity index (χ0n) is 9.74. The highest BCUT2D eigenvalue weighted by Gasteiger charge is 2.22. The van der Waals surface area contributed by atoms with Gasteiger partial charge in [-0.2, -0.15) is 0 Å². The van der Waals surface area contributed by atoms with Crippen LogP contribution in [-0.2, 0) is 10.7 Å². The van der Waals surface area contributed by atoms with Crippen molar-refractivity contribution in [3.05, 3.63) is 35.4 Å². The number of aliphatic hydroxyl groups excluding tert-OH is 1. The maximum absolute atomic E-state index is 11.8. The van der Waals surface area contributed by atoms with Crippen LogP contribution >= 0.6 is 19.8 Å². The molecule has 1 rings (SSSR count). The van der Waals surface area contributed by atoms with Gasteiger partial charge in [0.2, 0.25) is 7.37 Å². The van der Waals surface area contributed by atoms with Gasteiger partial charge in [-0.15, -0.1) is 12.4 Å². The van der Waals surface area contributed by atoms with Crippen molar-refractivity contribution in [2.75, 3.05) is 12.7 Å². The second kappa shape index (κ2) is 7.14. The van der Waals surface area contributed by atoms with E-state index in [-0.39, 0.29) is 31.3 Å². The summed E-state index contributed by atoms with van der Waals surface area (Å²) in [7, 11) is -3.33. The average Bonchev–Trinajstić information content (AvgIpc) is 2.20. The SMILES string of the molecule is Cc1ccc(CP(=O)(O)C[C@@H](O)CN)cc1.Cl. The molecule has 17 heavy (non-hydrogen) atoms. The zero-order chi connectivity index (χ0) is 12.2. The molecular weight excluding hydrogens is 261 g/mol. The molecule has 0 aliphatic rings. The molecule has 1 aromatic carbocycles. The van der Waals surface area contributed by atoms with Gasteiger partial charge in [-0.1, -0.05) is 29.8 Å². The van der Waals surface area contributed by atoms with E-state index in [2.05, 4.69) is 0 Å². The van der Waals surface area contributed by atoms with Gasteiger partial charge in [0.15, 0.2) is 0 Å². The standard InChI is InChI=1S/C11H18NO3P.ClH/c1-9-2-4-10(5-3-9)7-16(14,15)8-11(13)6-12;/h2-5,11,13H,6-8,12H2,1H3,(H,14,15);1H/t11-;/m0./s1. The molecule has 2 atom stereocenters. The molecule has 6 heteroatoms. The maximum Gasteiger partial charge on any atom is 0.207 e. The fourth-order valence-corrected chi connectivity index (χ4v) is 3.17. The van der Waals surface area contributed by atoms with E-state index in [0.29, 0.717) is 0 Å². The van der Waals surface area contributed by atoms with E-state index in [0.717, 1.165) is 11.1 Å². The minimum atomic E-state index is -3.33. The molecule has 4 nitrogen and oxygen atoms in total. The molecule has 4 N–H and O–H groups in total. The van der Waals surface area contributed by atoms with Gasteiger partial charge in [0, 0.05) is 12.7 Å². The topological polar surface area (TPSA) is 83.5 Å². The first-order valence-corrected chi connectivity index (χ1v) is 7.20. The van der Waals surface area contributed by atoms with E-state index >= 15 is 0 Å². The smallest absolute Gasteiger partial charge is 0.207 e. The van der Waals surface area contributed by atoms with Gasteiger partial charge in [-0.25, -0.2) is 0 Å². The molecule has 0 aliphatic heterocycles. The first-order chi connectivity index (χ1) is 7.43. The van der Waals surface area contributed by atoms with Crippen molar-refractivity contribution >= 4 is 19.8 Å². The summed E-state index contributed by atoms with van der Waals surface area (Å²) in [5.74, 6) is 0. The Bertz CT molecular complexity index is 383. The van der Waals surface area contributed by atoms with Crippen molar-refractivity contribution in [2.45, 2.75) is 19.2 Å². The highest BCUT2D eigenvalue weighted by atomic mass is 35.5. The number of hydrogen-bond acceptors (Lipinski definition) is 3. The fraction of sp³-hybridized carbons (Fsp3) is 0.455. The predicted molar refractivity (Wildman–Crippen MR) is 71.9 cm³/mol. The molecule has 0 saturated carbocycles. The van der Waals surface area contributed by atoms with E-state index in [1.54, 1.807) is 0 Å². The Kier molecular flexibility index (Phi) is 6.98. The molecule has 0 heterocycles. The Labute approximate surface area is 108 Å². The summed E-state index contributed by atoms with van der Waals surface area (Å²) in [4.78, 5) is 9.68. The van der Waals surface area contributed by atoms with Crippen molar-refractivity contribution < 1.29 is 14.6 Å². The van der Waals surface area contributed by atoms with Crippen LogP contribution in [0.3, 0.4) is 0 Å². The Morgan fingerprint density at radius 2 is 1.88 bits per heavy atom. The van der Waals surface area contributed by atoms with Crippen LogP contribution < -0.4 is 5.73 Å². The molecule has 98 valence electrons. The first-order valence-electron chi connectivity index (χ1n) is 5.17. The molecule has 0 bridgehead atoms. The predicted octanol–water partition coefficient (Wildman–Crippen LogP) is 1.51. The normalized spacial score (nSPS) is 15.8. The summed E-state index contributed by atoms with van der Waals surface area (Å²) in [5, 5.41) is 9.26. The van der Waals surface area contributed by atoms with Crippen molar-refractivity contribution in [2.24, 2.45) is 5.73 Å². The van der Waals surface area contributed by atoms with Crippen molar-refractivity contribution in [3.63, 3.8) is 0 Å². The van der Waals surface area contributed by atoms with Crippen LogP contribution in [0.25, 0.3) is 0 Å². The lowest BCUT2D eigenvalue weighted by atomic mass is 10.2. The highest BCUT2D eigenvalue weighted by Crippen LogP contribution is 2.44. The Morgan fingerprint density at radius 3 is 2.35 bits per heavy atom. The van der Waals surface area contributed by atoms with E-state index < -0.39 is 13.5 Å². The number of aryl methyl sites for hydroxylation is 1. The number of hydrogen-bond donors (Lipinski definition) is 3. The Balaban J connectivity index is 0.00000256. The largest absolute Gasteiger partial charge is 0.391 e. The van der Waals surface area contributed by atoms with E-state index in [1.807, 2.05) is 31.2 Å². The second-order valence-corrected chi connectivity index (χ2v) is 6.44. The van der Waals surface area contributed by atoms with E-state index in [4.69, 9.17) is 5.73 Å². The van der Waals surface area contributed by atoms with E-state index in [1.165, 1.54) is 0 Å². The second-order valence-electron chi connectivity index (χ2n) is 4.06. The van der Waals surface area contributed by atoms with Gasteiger partial charge < -0.3 is 15.7 Å². The lowest BCUT2D eigenvalue weighted by Crippen LogP contribution is -2.23. The van der Waals surface area contributed by atoms with Gasteiger partial charge in [0.1, 0.15) is 0 Å². The number of rotatable bonds is 5. The van der Waals surface area contributed by atoms with Gasteiger partial charge in [-0.05, 0) is 12.5 Å². The minimum Gasteiger partial charge on any atom is -0.391 e. The summed E-state index contributed by atoms with van der Waals surface area (Å²) in [6.45, 7) is 1.97. The molecule has 0 fully saturated rings. The van der Waals surface area contributed by atoms with E-state index in [9.17, 15) is 14.6 Å². The third-order valence-corrected chi connectivity index (χ3v) is 4.17. The van der Waals surface area contributed by atoms with Crippen LogP contribution in [0.1, 0.15) is 11.1 Å². The van der Waals surface area contributed by atoms with Crippen LogP contribution in [0.5, 0.6) is 0 Å². The first kappa shape index (κ1) is 16.6. The quantitative estimate of drug-likeness (QED) is 0.714. The molecule has 1 unspecified atom stereocenters. The summed E-state index contributed by atoms with van der Waals surface area (Å²) >= 11 is 0. The number of nitrogens with two attached hydrogens (primary N) is 1. The lowest BCUT2D eigenvalue weighted by Gasteiger charge is -2.14. The van der Waals surface area contributed by atoms with Crippen LogP contribution in [0.4, 0.5) is 0 Å². The Morgan fingerprint density at radius 1 is 1.35 bits per heavy atom.